The topological polar surface area (TPSA) is 216 Å². The number of nitriles is 3. The summed E-state index contributed by atoms with van der Waals surface area (Å²) in [6.07, 6.45) is 0. The van der Waals surface area contributed by atoms with Crippen LogP contribution in [0.15, 0.2) is 35.5 Å². The van der Waals surface area contributed by atoms with Crippen molar-refractivity contribution in [1.29, 1.82) is 15.8 Å². The Morgan fingerprint density at radius 2 is 1.72 bits per heavy atom. The molecule has 1 saturated carbocycles. The number of nitro benzene ring substituents is 1. The molecule has 2 fully saturated rings. The van der Waals surface area contributed by atoms with Crippen molar-refractivity contribution in [2.45, 2.75) is 5.92 Å². The van der Waals surface area contributed by atoms with E-state index in [0.717, 1.165) is 12.1 Å². The van der Waals surface area contributed by atoms with Crippen LogP contribution in [0.25, 0.3) is 0 Å². The third-order valence-corrected chi connectivity index (χ3v) is 5.08. The average Bonchev–Trinajstić information content (AvgIpc) is 3.33. The predicted molar refractivity (Wildman–Crippen MR) is 90.4 cm³/mol. The number of nitrogens with two attached hydrogens (primary N) is 1. The van der Waals surface area contributed by atoms with Gasteiger partial charge in [0.2, 0.25) is 11.8 Å². The Labute approximate surface area is 161 Å². The van der Waals surface area contributed by atoms with Crippen LogP contribution in [0.5, 0.6) is 0 Å². The zero-order chi connectivity index (χ0) is 21.6. The maximum atomic E-state index is 12.8. The summed E-state index contributed by atoms with van der Waals surface area (Å²) < 4.78 is 0. The number of non-ortho nitro benzene ring substituents is 1. The number of nitrogens with one attached hydrogen (secondary N) is 2. The van der Waals surface area contributed by atoms with E-state index in [-0.39, 0.29) is 11.3 Å². The number of amides is 4. The van der Waals surface area contributed by atoms with Crippen LogP contribution in [-0.2, 0) is 9.59 Å². The smallest absolute Gasteiger partial charge is 0.328 e. The predicted octanol–water partition coefficient (Wildman–Crippen LogP) is -0.186. The molecule has 2 unspecified atom stereocenters. The van der Waals surface area contributed by atoms with E-state index in [1.807, 2.05) is 10.6 Å². The molecule has 142 valence electrons. The molecular formula is C17H9N7O5. The van der Waals surface area contributed by atoms with Crippen LogP contribution in [0.2, 0.25) is 0 Å². The quantitative estimate of drug-likeness (QED) is 0.269. The number of carbonyl (C=O) groups excluding carboxylic acids is 3. The summed E-state index contributed by atoms with van der Waals surface area (Å²) in [4.78, 5) is 47.4. The van der Waals surface area contributed by atoms with E-state index in [1.54, 1.807) is 6.07 Å². The van der Waals surface area contributed by atoms with Crippen LogP contribution < -0.4 is 16.4 Å². The van der Waals surface area contributed by atoms with E-state index in [4.69, 9.17) is 16.3 Å². The Balaban J connectivity index is 2.35. The summed E-state index contributed by atoms with van der Waals surface area (Å²) in [5.74, 6) is -3.71. The number of urea groups is 1. The molecule has 0 aromatic heterocycles. The van der Waals surface area contributed by atoms with Crippen LogP contribution in [-0.4, -0.2) is 22.8 Å². The van der Waals surface area contributed by atoms with Crippen molar-refractivity contribution in [2.75, 3.05) is 0 Å². The van der Waals surface area contributed by atoms with Crippen molar-refractivity contribution in [3.8, 4) is 18.2 Å². The van der Waals surface area contributed by atoms with Gasteiger partial charge >= 0.3 is 6.03 Å². The lowest BCUT2D eigenvalue weighted by molar-refractivity contribution is -0.384. The largest absolute Gasteiger partial charge is 0.399 e. The fourth-order valence-corrected chi connectivity index (χ4v) is 3.87. The lowest BCUT2D eigenvalue weighted by Crippen LogP contribution is -2.59. The van der Waals surface area contributed by atoms with E-state index in [1.165, 1.54) is 24.3 Å². The van der Waals surface area contributed by atoms with E-state index in [0.29, 0.717) is 0 Å². The van der Waals surface area contributed by atoms with Crippen molar-refractivity contribution < 1.29 is 19.3 Å². The number of carbonyl (C=O) groups is 3. The van der Waals surface area contributed by atoms with Gasteiger partial charge in [-0.25, -0.2) is 4.79 Å². The summed E-state index contributed by atoms with van der Waals surface area (Å²) in [6.45, 7) is 0. The molecule has 0 radical (unpaired) electrons. The Bertz CT molecular complexity index is 1130. The summed E-state index contributed by atoms with van der Waals surface area (Å²) in [6, 6.07) is 8.44. The van der Waals surface area contributed by atoms with E-state index in [9.17, 15) is 29.8 Å². The number of hydrogen-bond donors (Lipinski definition) is 3. The van der Waals surface area contributed by atoms with Gasteiger partial charge in [-0.15, -0.1) is 0 Å². The lowest BCUT2D eigenvalue weighted by Gasteiger charge is -2.23. The maximum Gasteiger partial charge on any atom is 0.328 e. The highest BCUT2D eigenvalue weighted by Crippen LogP contribution is 2.77. The fourth-order valence-electron chi connectivity index (χ4n) is 3.87. The highest BCUT2D eigenvalue weighted by atomic mass is 16.6. The molecule has 2 atom stereocenters. The van der Waals surface area contributed by atoms with Crippen LogP contribution in [0.3, 0.4) is 0 Å². The molecule has 4 amide bonds. The zero-order valence-corrected chi connectivity index (χ0v) is 14.3. The van der Waals surface area contributed by atoms with Crippen LogP contribution in [0.4, 0.5) is 10.5 Å². The summed E-state index contributed by atoms with van der Waals surface area (Å²) >= 11 is 0. The summed E-state index contributed by atoms with van der Waals surface area (Å²) in [5.41, 5.74) is -0.286. The molecule has 1 spiro atoms. The molecule has 0 bridgehead atoms. The third kappa shape index (κ3) is 2.19. The van der Waals surface area contributed by atoms with Crippen molar-refractivity contribution in [3.63, 3.8) is 0 Å². The molecule has 12 nitrogen and oxygen atoms in total. The third-order valence-electron chi connectivity index (χ3n) is 5.08. The minimum atomic E-state index is -2.30. The Morgan fingerprint density at radius 1 is 1.14 bits per heavy atom. The number of nitrogens with zero attached hydrogens (tertiary/aromatic N) is 4. The standard InChI is InChI=1S/C17H9N7O5/c18-5-9(6-19)12(21)16(7-20)11(8-2-1-3-10(4-8)24(28)29)17(16)13(25)22-15(27)23-14(17)26/h1-4,11H,21H2,(H2,22,23,25,26,27). The number of rotatable bonds is 3. The molecule has 1 aromatic rings. The van der Waals surface area contributed by atoms with Crippen molar-refractivity contribution in [3.05, 3.63) is 51.2 Å². The van der Waals surface area contributed by atoms with Gasteiger partial charge in [-0.3, -0.25) is 30.3 Å². The van der Waals surface area contributed by atoms with Gasteiger partial charge in [-0.2, -0.15) is 15.8 Å². The van der Waals surface area contributed by atoms with Crippen molar-refractivity contribution >= 4 is 23.5 Å². The van der Waals surface area contributed by atoms with E-state index in [2.05, 4.69) is 0 Å². The maximum absolute atomic E-state index is 12.8. The van der Waals surface area contributed by atoms with Crippen molar-refractivity contribution in [2.24, 2.45) is 16.6 Å². The first-order chi connectivity index (χ1) is 13.7. The van der Waals surface area contributed by atoms with Gasteiger partial charge in [0.05, 0.1) is 16.7 Å². The Morgan fingerprint density at radius 3 is 2.21 bits per heavy atom. The summed E-state index contributed by atoms with van der Waals surface area (Å²) in [7, 11) is 0. The van der Waals surface area contributed by atoms with Crippen LogP contribution in [0, 0.1) is 54.9 Å². The van der Waals surface area contributed by atoms with E-state index < -0.39 is 50.8 Å². The lowest BCUT2D eigenvalue weighted by atomic mass is 9.86. The molecule has 12 heteroatoms. The Hall–Kier alpha value is -4.76. The second-order valence-corrected chi connectivity index (χ2v) is 6.26. The van der Waals surface area contributed by atoms with Gasteiger partial charge in [0.25, 0.3) is 5.69 Å². The molecule has 1 saturated heterocycles. The Kier molecular flexibility index (Phi) is 4.03. The normalized spacial score (nSPS) is 23.6. The number of allylic oxidation sites excluding steroid dienone is 2. The molecular weight excluding hydrogens is 382 g/mol. The van der Waals surface area contributed by atoms with Gasteiger partial charge in [0.1, 0.15) is 23.1 Å². The minimum Gasteiger partial charge on any atom is -0.399 e. The highest BCUT2D eigenvalue weighted by Gasteiger charge is 2.88. The zero-order valence-electron chi connectivity index (χ0n) is 14.3. The SMILES string of the molecule is N#CC(C#N)=C(N)C1(C#N)C(c2cccc([N+](=O)[O-])c2)C12C(=O)NC(=O)NC2=O. The first-order valence-corrected chi connectivity index (χ1v) is 7.85. The van der Waals surface area contributed by atoms with Gasteiger partial charge in [0.15, 0.2) is 5.41 Å². The van der Waals surface area contributed by atoms with Crippen molar-refractivity contribution in [1.82, 2.24) is 10.6 Å². The molecule has 1 aliphatic heterocycles. The number of imide groups is 2. The van der Waals surface area contributed by atoms with Gasteiger partial charge in [-0.05, 0) is 5.56 Å². The summed E-state index contributed by atoms with van der Waals surface area (Å²) in [5, 5.41) is 43.1. The fraction of sp³-hybridized carbons (Fsp3) is 0.176. The van der Waals surface area contributed by atoms with Gasteiger partial charge < -0.3 is 5.73 Å². The molecule has 29 heavy (non-hydrogen) atoms. The molecule has 1 aliphatic carbocycles. The number of benzene rings is 1. The highest BCUT2D eigenvalue weighted by molar-refractivity contribution is 6.24. The molecule has 1 aromatic carbocycles. The molecule has 2 aliphatic rings. The number of nitro groups is 1. The first-order valence-electron chi connectivity index (χ1n) is 7.85. The molecule has 3 rings (SSSR count). The second-order valence-electron chi connectivity index (χ2n) is 6.26. The van der Waals surface area contributed by atoms with Crippen LogP contribution in [0.1, 0.15) is 11.5 Å². The van der Waals surface area contributed by atoms with Crippen LogP contribution >= 0.6 is 0 Å². The van der Waals surface area contributed by atoms with E-state index >= 15 is 0 Å². The van der Waals surface area contributed by atoms with Gasteiger partial charge in [-0.1, -0.05) is 12.1 Å². The number of hydrogen-bond acceptors (Lipinski definition) is 9. The molecule has 4 N–H and O–H groups in total. The number of barbiturate groups is 1. The second kappa shape index (κ2) is 6.15. The monoisotopic (exact) mass is 391 g/mol. The first kappa shape index (κ1) is 19.0. The average molecular weight is 391 g/mol. The molecule has 1 heterocycles. The minimum absolute atomic E-state index is 0.0265. The van der Waals surface area contributed by atoms with Gasteiger partial charge in [0, 0.05) is 18.1 Å².